The van der Waals surface area contributed by atoms with Crippen LogP contribution < -0.4 is 0 Å². The van der Waals surface area contributed by atoms with Crippen molar-refractivity contribution >= 4 is 17.7 Å². The molecule has 1 radical (unpaired) electrons. The second kappa shape index (κ2) is 3.49. The van der Waals surface area contributed by atoms with Crippen LogP contribution in [0, 0.1) is 17.2 Å². The third-order valence-electron chi connectivity index (χ3n) is 1.19. The van der Waals surface area contributed by atoms with Gasteiger partial charge in [-0.15, -0.1) is 0 Å². The molecule has 0 atom stereocenters. The summed E-state index contributed by atoms with van der Waals surface area (Å²) in [6.45, 7) is 0. The number of rotatable bonds is 1. The number of benzene rings is 1. The van der Waals surface area contributed by atoms with Crippen LogP contribution in [0.25, 0.3) is 6.08 Å². The monoisotopic (exact) mass is 173 g/mol. The van der Waals surface area contributed by atoms with E-state index in [1.165, 1.54) is 18.2 Å². The van der Waals surface area contributed by atoms with Crippen LogP contribution in [0.1, 0.15) is 5.56 Å². The van der Waals surface area contributed by atoms with Crippen LogP contribution >= 0.6 is 11.6 Å². The molecule has 11 heavy (non-hydrogen) atoms. The SMILES string of the molecule is Fc1cccc(C=[C]Cl)c1F. The van der Waals surface area contributed by atoms with E-state index in [1.807, 2.05) is 0 Å². The van der Waals surface area contributed by atoms with Gasteiger partial charge in [-0.3, -0.25) is 0 Å². The lowest BCUT2D eigenvalue weighted by Gasteiger charge is -1.95. The average molecular weight is 174 g/mol. The molecule has 0 spiro atoms. The minimum Gasteiger partial charge on any atom is -0.204 e. The summed E-state index contributed by atoms with van der Waals surface area (Å²) >= 11 is 5.07. The number of halogens is 3. The standard InChI is InChI=1S/C8H4ClF2/c9-5-4-6-2-1-3-7(10)8(6)11/h1-4H. The molecule has 1 rings (SSSR count). The van der Waals surface area contributed by atoms with Crippen LogP contribution in [-0.2, 0) is 0 Å². The minimum atomic E-state index is -0.902. The van der Waals surface area contributed by atoms with E-state index < -0.39 is 11.6 Å². The van der Waals surface area contributed by atoms with Gasteiger partial charge in [0.1, 0.15) is 0 Å². The zero-order chi connectivity index (χ0) is 8.27. The predicted octanol–water partition coefficient (Wildman–Crippen LogP) is 2.98. The van der Waals surface area contributed by atoms with E-state index in [4.69, 9.17) is 11.6 Å². The van der Waals surface area contributed by atoms with Gasteiger partial charge in [-0.1, -0.05) is 23.7 Å². The second-order valence-electron chi connectivity index (χ2n) is 1.90. The van der Waals surface area contributed by atoms with Crippen LogP contribution in [-0.4, -0.2) is 0 Å². The largest absolute Gasteiger partial charge is 0.204 e. The molecule has 0 aromatic heterocycles. The molecule has 0 fully saturated rings. The third-order valence-corrected chi connectivity index (χ3v) is 1.30. The molecule has 57 valence electrons. The van der Waals surface area contributed by atoms with Gasteiger partial charge in [0.05, 0.1) is 5.54 Å². The summed E-state index contributed by atoms with van der Waals surface area (Å²) in [6.07, 6.45) is 1.17. The van der Waals surface area contributed by atoms with E-state index in [0.717, 1.165) is 6.07 Å². The summed E-state index contributed by atoms with van der Waals surface area (Å²) in [6, 6.07) is 3.85. The molecule has 0 aliphatic heterocycles. The first-order chi connectivity index (χ1) is 5.25. The first kappa shape index (κ1) is 8.21. The Kier molecular flexibility index (Phi) is 2.60. The molecule has 0 saturated carbocycles. The van der Waals surface area contributed by atoms with Crippen LogP contribution in [0.3, 0.4) is 0 Å². The van der Waals surface area contributed by atoms with E-state index in [0.29, 0.717) is 0 Å². The fourth-order valence-electron chi connectivity index (χ4n) is 0.691. The van der Waals surface area contributed by atoms with E-state index in [-0.39, 0.29) is 5.56 Å². The van der Waals surface area contributed by atoms with Crippen LogP contribution in [0.2, 0.25) is 0 Å². The highest BCUT2D eigenvalue weighted by molar-refractivity contribution is 6.23. The van der Waals surface area contributed by atoms with Gasteiger partial charge >= 0.3 is 0 Å². The zero-order valence-electron chi connectivity index (χ0n) is 5.44. The maximum Gasteiger partial charge on any atom is 0.166 e. The molecule has 0 unspecified atom stereocenters. The van der Waals surface area contributed by atoms with Gasteiger partial charge < -0.3 is 0 Å². The lowest BCUT2D eigenvalue weighted by molar-refractivity contribution is 0.507. The zero-order valence-corrected chi connectivity index (χ0v) is 6.20. The van der Waals surface area contributed by atoms with E-state index >= 15 is 0 Å². The van der Waals surface area contributed by atoms with Gasteiger partial charge in [-0.2, -0.15) is 0 Å². The summed E-state index contributed by atoms with van der Waals surface area (Å²) in [5.74, 6) is -1.79. The molecule has 1 aromatic carbocycles. The number of hydrogen-bond acceptors (Lipinski definition) is 0. The summed E-state index contributed by atoms with van der Waals surface area (Å²) < 4.78 is 25.1. The van der Waals surface area contributed by atoms with Crippen molar-refractivity contribution in [2.75, 3.05) is 0 Å². The van der Waals surface area contributed by atoms with Crippen LogP contribution in [0.15, 0.2) is 18.2 Å². The van der Waals surface area contributed by atoms with Gasteiger partial charge in [0.2, 0.25) is 0 Å². The summed E-state index contributed by atoms with van der Waals surface area (Å²) in [5, 5.41) is 0. The molecule has 0 bridgehead atoms. The Labute approximate surface area is 68.1 Å². The van der Waals surface area contributed by atoms with Crippen molar-refractivity contribution in [3.8, 4) is 0 Å². The third kappa shape index (κ3) is 1.77. The van der Waals surface area contributed by atoms with E-state index in [9.17, 15) is 8.78 Å². The van der Waals surface area contributed by atoms with Crippen molar-refractivity contribution in [2.24, 2.45) is 0 Å². The van der Waals surface area contributed by atoms with Crippen molar-refractivity contribution < 1.29 is 8.78 Å². The first-order valence-corrected chi connectivity index (χ1v) is 3.27. The second-order valence-corrected chi connectivity index (χ2v) is 2.11. The molecule has 0 aliphatic carbocycles. The molecule has 0 amide bonds. The van der Waals surface area contributed by atoms with Gasteiger partial charge in [0, 0.05) is 5.56 Å². The molecule has 0 N–H and O–H groups in total. The summed E-state index contributed by atoms with van der Waals surface area (Å²) in [4.78, 5) is 0. The van der Waals surface area contributed by atoms with Crippen molar-refractivity contribution in [2.45, 2.75) is 0 Å². The van der Waals surface area contributed by atoms with Crippen LogP contribution in [0.5, 0.6) is 0 Å². The quantitative estimate of drug-likeness (QED) is 0.613. The van der Waals surface area contributed by atoms with Gasteiger partial charge in [0.25, 0.3) is 0 Å². The lowest BCUT2D eigenvalue weighted by Crippen LogP contribution is -1.86. The molecule has 0 heterocycles. The Morgan fingerprint density at radius 3 is 2.73 bits per heavy atom. The Morgan fingerprint density at radius 1 is 1.36 bits per heavy atom. The Hall–Kier alpha value is -0.890. The average Bonchev–Trinajstić information content (AvgIpc) is 1.99. The molecule has 0 saturated heterocycles. The highest BCUT2D eigenvalue weighted by atomic mass is 35.5. The molecule has 3 heteroatoms. The van der Waals surface area contributed by atoms with Crippen molar-refractivity contribution in [1.29, 1.82) is 0 Å². The number of hydrogen-bond donors (Lipinski definition) is 0. The van der Waals surface area contributed by atoms with E-state index in [2.05, 4.69) is 5.54 Å². The topological polar surface area (TPSA) is 0 Å². The summed E-state index contributed by atoms with van der Waals surface area (Å²) in [7, 11) is 0. The Bertz CT molecular complexity index is 281. The molecule has 0 nitrogen and oxygen atoms in total. The van der Waals surface area contributed by atoms with E-state index in [1.54, 1.807) is 0 Å². The van der Waals surface area contributed by atoms with Crippen LogP contribution in [0.4, 0.5) is 8.78 Å². The van der Waals surface area contributed by atoms with Gasteiger partial charge in [0.15, 0.2) is 11.6 Å². The Morgan fingerprint density at radius 2 is 2.09 bits per heavy atom. The fraction of sp³-hybridized carbons (Fsp3) is 0. The first-order valence-electron chi connectivity index (χ1n) is 2.89. The lowest BCUT2D eigenvalue weighted by atomic mass is 10.2. The highest BCUT2D eigenvalue weighted by Crippen LogP contribution is 2.12. The fourth-order valence-corrected chi connectivity index (χ4v) is 0.808. The van der Waals surface area contributed by atoms with Gasteiger partial charge in [-0.25, -0.2) is 8.78 Å². The maximum atomic E-state index is 12.7. The van der Waals surface area contributed by atoms with Crippen molar-refractivity contribution in [3.05, 3.63) is 40.9 Å². The normalized spacial score (nSPS) is 10.8. The van der Waals surface area contributed by atoms with Crippen molar-refractivity contribution in [3.63, 3.8) is 0 Å². The van der Waals surface area contributed by atoms with Gasteiger partial charge in [-0.05, 0) is 12.1 Å². The summed E-state index contributed by atoms with van der Waals surface area (Å²) in [5.41, 5.74) is 2.19. The molecular formula is C8H4ClF2. The Balaban J connectivity index is 3.16. The molecule has 1 aromatic rings. The minimum absolute atomic E-state index is 0.0972. The molecular weight excluding hydrogens is 170 g/mol. The smallest absolute Gasteiger partial charge is 0.166 e. The van der Waals surface area contributed by atoms with Crippen molar-refractivity contribution in [1.82, 2.24) is 0 Å². The predicted molar refractivity (Wildman–Crippen MR) is 39.9 cm³/mol. The maximum absolute atomic E-state index is 12.7. The highest BCUT2D eigenvalue weighted by Gasteiger charge is 2.03. The molecule has 0 aliphatic rings.